The van der Waals surface area contributed by atoms with Crippen LogP contribution in [-0.4, -0.2) is 31.2 Å². The van der Waals surface area contributed by atoms with Crippen LogP contribution in [0.3, 0.4) is 0 Å². The van der Waals surface area contributed by atoms with Gasteiger partial charge in [0.15, 0.2) is 5.84 Å². The predicted octanol–water partition coefficient (Wildman–Crippen LogP) is 0.754. The number of oxime groups is 1. The highest BCUT2D eigenvalue weighted by Crippen LogP contribution is 2.26. The Morgan fingerprint density at radius 2 is 2.41 bits per heavy atom. The quantitative estimate of drug-likeness (QED) is 0.321. The van der Waals surface area contributed by atoms with E-state index in [2.05, 4.69) is 25.3 Å². The van der Waals surface area contributed by atoms with Crippen LogP contribution in [0.25, 0.3) is 0 Å². The lowest BCUT2D eigenvalue weighted by Gasteiger charge is -2.03. The smallest absolute Gasteiger partial charge is 0.213 e. The molecule has 17 heavy (non-hydrogen) atoms. The number of hydrogen-bond acceptors (Lipinski definition) is 6. The summed E-state index contributed by atoms with van der Waals surface area (Å²) in [5.41, 5.74) is 5.93. The van der Waals surface area contributed by atoms with E-state index in [1.807, 2.05) is 6.92 Å². The van der Waals surface area contributed by atoms with Crippen molar-refractivity contribution < 1.29 is 5.21 Å². The fourth-order valence-corrected chi connectivity index (χ4v) is 2.05. The Bertz CT molecular complexity index is 552. The van der Waals surface area contributed by atoms with Crippen LogP contribution in [-0.2, 0) is 0 Å². The number of pyridine rings is 1. The van der Waals surface area contributed by atoms with Gasteiger partial charge in [-0.15, -0.1) is 5.10 Å². The lowest BCUT2D eigenvalue weighted by molar-refractivity contribution is 0.318. The molecule has 2 rings (SSSR count). The summed E-state index contributed by atoms with van der Waals surface area (Å²) in [6.45, 7) is 1.81. The summed E-state index contributed by atoms with van der Waals surface area (Å²) in [4.78, 5) is 8.93. The van der Waals surface area contributed by atoms with E-state index in [0.29, 0.717) is 10.9 Å². The summed E-state index contributed by atoms with van der Waals surface area (Å²) >= 11 is 1.29. The van der Waals surface area contributed by atoms with Crippen molar-refractivity contribution >= 4 is 17.6 Å². The Kier molecular flexibility index (Phi) is 3.24. The molecule has 0 aliphatic heterocycles. The van der Waals surface area contributed by atoms with Crippen LogP contribution >= 0.6 is 11.8 Å². The first-order chi connectivity index (χ1) is 8.20. The zero-order valence-electron chi connectivity index (χ0n) is 8.95. The molecule has 4 N–H and O–H groups in total. The molecule has 0 saturated heterocycles. The summed E-state index contributed by atoms with van der Waals surface area (Å²) < 4.78 is 0. The number of hydrogen-bond donors (Lipinski definition) is 3. The molecule has 0 radical (unpaired) electrons. The van der Waals surface area contributed by atoms with Crippen LogP contribution in [0.5, 0.6) is 0 Å². The fraction of sp³-hybridized carbons (Fsp3) is 0.111. The number of nitrogens with two attached hydrogens (primary N) is 1. The lowest BCUT2D eigenvalue weighted by atomic mass is 10.3. The van der Waals surface area contributed by atoms with E-state index < -0.39 is 0 Å². The normalized spacial score (nSPS) is 11.7. The predicted molar refractivity (Wildman–Crippen MR) is 62.0 cm³/mol. The topological polar surface area (TPSA) is 113 Å². The van der Waals surface area contributed by atoms with Gasteiger partial charge in [-0.1, -0.05) is 5.16 Å². The molecule has 0 fully saturated rings. The minimum Gasteiger partial charge on any atom is -0.409 e. The van der Waals surface area contributed by atoms with E-state index in [9.17, 15) is 0 Å². The van der Waals surface area contributed by atoms with Crippen molar-refractivity contribution in [1.29, 1.82) is 0 Å². The van der Waals surface area contributed by atoms with Gasteiger partial charge in [-0.2, -0.15) is 0 Å². The van der Waals surface area contributed by atoms with Gasteiger partial charge in [-0.3, -0.25) is 10.1 Å². The number of amidine groups is 1. The van der Waals surface area contributed by atoms with Crippen molar-refractivity contribution in [2.75, 3.05) is 0 Å². The van der Waals surface area contributed by atoms with Crippen molar-refractivity contribution in [3.05, 3.63) is 29.8 Å². The fourth-order valence-electron chi connectivity index (χ4n) is 1.18. The van der Waals surface area contributed by atoms with Crippen LogP contribution in [0.2, 0.25) is 0 Å². The molecule has 2 aromatic heterocycles. The first kappa shape index (κ1) is 11.4. The number of aryl methyl sites for hydroxylation is 1. The summed E-state index contributed by atoms with van der Waals surface area (Å²) in [6.07, 6.45) is 1.57. The molecule has 0 saturated carbocycles. The van der Waals surface area contributed by atoms with E-state index in [0.717, 1.165) is 10.7 Å². The molecular weight excluding hydrogens is 240 g/mol. The van der Waals surface area contributed by atoms with Crippen LogP contribution in [0, 0.1) is 6.92 Å². The molecule has 0 bridgehead atoms. The van der Waals surface area contributed by atoms with Crippen molar-refractivity contribution in [2.24, 2.45) is 10.9 Å². The standard InChI is InChI=1S/C9H10N6OS/c1-5-12-9(14-13-5)17-6-3-2-4-11-7(6)8(10)15-16/h2-4,16H,1H3,(H2,10,15)(H,12,13,14). The van der Waals surface area contributed by atoms with Gasteiger partial charge in [0.05, 0.1) is 0 Å². The van der Waals surface area contributed by atoms with Gasteiger partial charge in [0, 0.05) is 11.1 Å². The molecule has 0 aliphatic rings. The van der Waals surface area contributed by atoms with Crippen molar-refractivity contribution in [3.8, 4) is 0 Å². The molecule has 0 atom stereocenters. The molecular formula is C9H10N6OS. The third-order valence-corrected chi connectivity index (χ3v) is 2.81. The van der Waals surface area contributed by atoms with E-state index >= 15 is 0 Å². The molecule has 0 unspecified atom stereocenters. The second kappa shape index (κ2) is 4.83. The molecule has 0 aliphatic carbocycles. The first-order valence-electron chi connectivity index (χ1n) is 4.70. The summed E-state index contributed by atoms with van der Waals surface area (Å²) in [5, 5.41) is 18.9. The van der Waals surface area contributed by atoms with E-state index in [1.54, 1.807) is 18.3 Å². The van der Waals surface area contributed by atoms with Crippen LogP contribution < -0.4 is 5.73 Å². The average Bonchev–Trinajstić information content (AvgIpc) is 2.74. The number of rotatable bonds is 3. The molecule has 2 heterocycles. The van der Waals surface area contributed by atoms with Gasteiger partial charge >= 0.3 is 0 Å². The van der Waals surface area contributed by atoms with Crippen LogP contribution in [0.4, 0.5) is 0 Å². The van der Waals surface area contributed by atoms with Crippen LogP contribution in [0.15, 0.2) is 33.5 Å². The molecule has 0 spiro atoms. The number of aromatic nitrogens is 4. The van der Waals surface area contributed by atoms with Crippen LogP contribution in [0.1, 0.15) is 11.5 Å². The summed E-state index contributed by atoms with van der Waals surface area (Å²) in [7, 11) is 0. The Morgan fingerprint density at radius 3 is 3.06 bits per heavy atom. The van der Waals surface area contributed by atoms with Crippen molar-refractivity contribution in [2.45, 2.75) is 17.0 Å². The molecule has 0 aromatic carbocycles. The Hall–Kier alpha value is -2.09. The van der Waals surface area contributed by atoms with Crippen molar-refractivity contribution in [1.82, 2.24) is 20.2 Å². The Labute approximate surface area is 101 Å². The minimum absolute atomic E-state index is 0.0413. The zero-order valence-corrected chi connectivity index (χ0v) is 9.77. The Balaban J connectivity index is 2.32. The number of H-pyrrole nitrogens is 1. The van der Waals surface area contributed by atoms with E-state index in [4.69, 9.17) is 10.9 Å². The number of nitrogens with one attached hydrogen (secondary N) is 1. The summed E-state index contributed by atoms with van der Waals surface area (Å²) in [5.74, 6) is 0.682. The molecule has 0 amide bonds. The maximum Gasteiger partial charge on any atom is 0.213 e. The van der Waals surface area contributed by atoms with Gasteiger partial charge in [-0.05, 0) is 30.8 Å². The van der Waals surface area contributed by atoms with Gasteiger partial charge < -0.3 is 10.9 Å². The van der Waals surface area contributed by atoms with Gasteiger partial charge in [-0.25, -0.2) is 4.98 Å². The minimum atomic E-state index is -0.0413. The SMILES string of the molecule is Cc1nc(Sc2cccnc2/C(N)=N/O)n[nH]1. The highest BCUT2D eigenvalue weighted by Gasteiger charge is 2.11. The third kappa shape index (κ3) is 2.53. The number of aromatic amines is 1. The molecule has 88 valence electrons. The van der Waals surface area contributed by atoms with Gasteiger partial charge in [0.1, 0.15) is 11.5 Å². The molecule has 2 aromatic rings. The van der Waals surface area contributed by atoms with Gasteiger partial charge in [0.2, 0.25) is 5.16 Å². The average molecular weight is 250 g/mol. The second-order valence-electron chi connectivity index (χ2n) is 3.14. The molecule has 8 heteroatoms. The van der Waals surface area contributed by atoms with E-state index in [1.165, 1.54) is 11.8 Å². The first-order valence-corrected chi connectivity index (χ1v) is 5.52. The largest absolute Gasteiger partial charge is 0.409 e. The maximum absolute atomic E-state index is 8.66. The van der Waals surface area contributed by atoms with Crippen molar-refractivity contribution in [3.63, 3.8) is 0 Å². The highest BCUT2D eigenvalue weighted by molar-refractivity contribution is 7.99. The Morgan fingerprint density at radius 1 is 1.59 bits per heavy atom. The maximum atomic E-state index is 8.66. The monoisotopic (exact) mass is 250 g/mol. The lowest BCUT2D eigenvalue weighted by Crippen LogP contribution is -2.16. The highest BCUT2D eigenvalue weighted by atomic mass is 32.2. The third-order valence-electron chi connectivity index (χ3n) is 1.90. The van der Waals surface area contributed by atoms with Gasteiger partial charge in [0.25, 0.3) is 0 Å². The number of nitrogens with zero attached hydrogens (tertiary/aromatic N) is 4. The second-order valence-corrected chi connectivity index (χ2v) is 4.15. The summed E-state index contributed by atoms with van der Waals surface area (Å²) in [6, 6.07) is 3.56. The zero-order chi connectivity index (χ0) is 12.3. The van der Waals surface area contributed by atoms with E-state index in [-0.39, 0.29) is 5.84 Å². The molecule has 7 nitrogen and oxygen atoms in total.